The summed E-state index contributed by atoms with van der Waals surface area (Å²) in [5.41, 5.74) is -0.0180. The molecular weight excluding hydrogens is 609 g/mol. The Morgan fingerprint density at radius 2 is 1.16 bits per heavy atom. The van der Waals surface area contributed by atoms with Crippen LogP contribution in [0.1, 0.15) is 27.0 Å². The maximum Gasteiger partial charge on any atom is 0.418 e. The average molecular weight is 635 g/mol. The quantitative estimate of drug-likeness (QED) is 0.145. The molecule has 0 aliphatic carbocycles. The standard InChI is InChI=1S/C29H25F3N2O7S2/c1-18-4-8-20(9-5-18)33(42(36)37)26-14-12-22(16-24(26)28(35)40-3)41-23-13-15-27(25(17-23)29(30,31)32)34(43(38)39)21-10-6-19(2)7-11-21/h4-17H,1-3H3,(H,36,37)(H,38,39). The number of carbonyl (C=O) groups excluding carboxylic acids is 1. The number of ether oxygens (including phenoxy) is 2. The number of halogens is 3. The largest absolute Gasteiger partial charge is 0.465 e. The zero-order valence-corrected chi connectivity index (χ0v) is 24.5. The first-order chi connectivity index (χ1) is 20.3. The Kier molecular flexibility index (Phi) is 9.55. The molecule has 9 nitrogen and oxygen atoms in total. The first-order valence-electron chi connectivity index (χ1n) is 12.4. The second-order valence-corrected chi connectivity index (χ2v) is 10.8. The Morgan fingerprint density at radius 1 is 0.721 bits per heavy atom. The predicted octanol–water partition coefficient (Wildman–Crippen LogP) is 7.45. The minimum atomic E-state index is -4.95. The van der Waals surface area contributed by atoms with Crippen LogP contribution in [0.4, 0.5) is 35.9 Å². The van der Waals surface area contributed by atoms with Gasteiger partial charge in [-0.05, 0) is 74.5 Å². The molecule has 2 unspecified atom stereocenters. The van der Waals surface area contributed by atoms with E-state index in [1.165, 1.54) is 30.3 Å². The van der Waals surface area contributed by atoms with E-state index in [9.17, 15) is 35.5 Å². The number of carbonyl (C=O) groups is 1. The molecule has 226 valence electrons. The second kappa shape index (κ2) is 13.0. The minimum Gasteiger partial charge on any atom is -0.465 e. The molecule has 43 heavy (non-hydrogen) atoms. The third-order valence-corrected chi connectivity index (χ3v) is 7.61. The van der Waals surface area contributed by atoms with Crippen molar-refractivity contribution in [3.63, 3.8) is 0 Å². The van der Waals surface area contributed by atoms with Crippen molar-refractivity contribution in [1.29, 1.82) is 0 Å². The lowest BCUT2D eigenvalue weighted by Gasteiger charge is -2.25. The summed E-state index contributed by atoms with van der Waals surface area (Å²) in [6.07, 6.45) is -4.95. The van der Waals surface area contributed by atoms with Gasteiger partial charge in [0, 0.05) is 0 Å². The molecule has 4 rings (SSSR count). The summed E-state index contributed by atoms with van der Waals surface area (Å²) in [4.78, 5) is 12.7. The van der Waals surface area contributed by atoms with Gasteiger partial charge in [-0.3, -0.25) is 9.11 Å². The van der Waals surface area contributed by atoms with Crippen LogP contribution in [0.3, 0.4) is 0 Å². The first kappa shape index (κ1) is 31.7. The number of hydrogen-bond donors (Lipinski definition) is 2. The predicted molar refractivity (Wildman–Crippen MR) is 157 cm³/mol. The highest BCUT2D eigenvalue weighted by Crippen LogP contribution is 2.43. The smallest absolute Gasteiger partial charge is 0.418 e. The Hall–Kier alpha value is -4.24. The van der Waals surface area contributed by atoms with E-state index in [4.69, 9.17) is 9.47 Å². The van der Waals surface area contributed by atoms with E-state index in [0.717, 1.165) is 34.7 Å². The van der Waals surface area contributed by atoms with Crippen LogP contribution in [-0.2, 0) is 33.4 Å². The lowest BCUT2D eigenvalue weighted by atomic mass is 10.1. The number of methoxy groups -OCH3 is 1. The Balaban J connectivity index is 1.76. The molecule has 0 radical (unpaired) electrons. The highest BCUT2D eigenvalue weighted by molar-refractivity contribution is 7.81. The maximum atomic E-state index is 14.2. The second-order valence-electron chi connectivity index (χ2n) is 9.17. The van der Waals surface area contributed by atoms with Crippen molar-refractivity contribution in [2.24, 2.45) is 0 Å². The van der Waals surface area contributed by atoms with Crippen LogP contribution < -0.4 is 13.3 Å². The third-order valence-electron chi connectivity index (χ3n) is 6.17. The molecule has 0 aromatic heterocycles. The normalized spacial score (nSPS) is 12.7. The van der Waals surface area contributed by atoms with E-state index < -0.39 is 45.9 Å². The molecule has 0 fully saturated rings. The summed E-state index contributed by atoms with van der Waals surface area (Å²) >= 11 is -5.47. The maximum absolute atomic E-state index is 14.2. The fourth-order valence-electron chi connectivity index (χ4n) is 4.14. The molecule has 0 saturated carbocycles. The lowest BCUT2D eigenvalue weighted by Crippen LogP contribution is -2.23. The summed E-state index contributed by atoms with van der Waals surface area (Å²) in [6.45, 7) is 3.59. The summed E-state index contributed by atoms with van der Waals surface area (Å²) in [6, 6.07) is 19.2. The van der Waals surface area contributed by atoms with Gasteiger partial charge in [-0.15, -0.1) is 0 Å². The molecule has 0 aliphatic rings. The molecule has 0 amide bonds. The van der Waals surface area contributed by atoms with Crippen molar-refractivity contribution in [1.82, 2.24) is 0 Å². The number of anilines is 4. The van der Waals surface area contributed by atoms with Gasteiger partial charge in [0.25, 0.3) is 22.5 Å². The van der Waals surface area contributed by atoms with Crippen LogP contribution in [0.5, 0.6) is 11.5 Å². The number of aryl methyl sites for hydroxylation is 2. The molecule has 0 saturated heterocycles. The number of rotatable bonds is 9. The van der Waals surface area contributed by atoms with Crippen molar-refractivity contribution in [2.75, 3.05) is 15.7 Å². The van der Waals surface area contributed by atoms with E-state index in [0.29, 0.717) is 10.4 Å². The van der Waals surface area contributed by atoms with Gasteiger partial charge < -0.3 is 9.47 Å². The van der Waals surface area contributed by atoms with Gasteiger partial charge in [-0.1, -0.05) is 35.4 Å². The van der Waals surface area contributed by atoms with Crippen LogP contribution in [0.2, 0.25) is 0 Å². The van der Waals surface area contributed by atoms with E-state index in [-0.39, 0.29) is 34.1 Å². The van der Waals surface area contributed by atoms with Crippen molar-refractivity contribution < 1.29 is 45.0 Å². The van der Waals surface area contributed by atoms with Gasteiger partial charge >= 0.3 is 12.1 Å². The van der Waals surface area contributed by atoms with Gasteiger partial charge in [0.1, 0.15) is 11.5 Å². The molecule has 0 bridgehead atoms. The van der Waals surface area contributed by atoms with Crippen molar-refractivity contribution >= 4 is 51.3 Å². The summed E-state index contributed by atoms with van der Waals surface area (Å²) in [7, 11) is 1.10. The number of benzene rings is 4. The highest BCUT2D eigenvalue weighted by Gasteiger charge is 2.37. The monoisotopic (exact) mass is 634 g/mol. The summed E-state index contributed by atoms with van der Waals surface area (Å²) in [5.74, 6) is -1.28. The topological polar surface area (TPSA) is 117 Å². The summed E-state index contributed by atoms with van der Waals surface area (Å²) in [5, 5.41) is 0. The summed E-state index contributed by atoms with van der Waals surface area (Å²) < 4.78 is 99.2. The molecule has 4 aromatic rings. The van der Waals surface area contributed by atoms with E-state index in [2.05, 4.69) is 0 Å². The molecule has 0 aliphatic heterocycles. The minimum absolute atomic E-state index is 0.0191. The van der Waals surface area contributed by atoms with Gasteiger partial charge in [0.05, 0.1) is 41.0 Å². The molecule has 0 spiro atoms. The highest BCUT2D eigenvalue weighted by atomic mass is 32.2. The zero-order chi connectivity index (χ0) is 31.5. The molecule has 2 N–H and O–H groups in total. The Morgan fingerprint density at radius 3 is 1.60 bits per heavy atom. The van der Waals surface area contributed by atoms with Gasteiger partial charge in [0.15, 0.2) is 0 Å². The van der Waals surface area contributed by atoms with Crippen LogP contribution in [0, 0.1) is 13.8 Å². The van der Waals surface area contributed by atoms with E-state index in [1.807, 2.05) is 6.92 Å². The lowest BCUT2D eigenvalue weighted by molar-refractivity contribution is -0.137. The van der Waals surface area contributed by atoms with Crippen molar-refractivity contribution in [2.45, 2.75) is 20.0 Å². The van der Waals surface area contributed by atoms with Crippen LogP contribution >= 0.6 is 0 Å². The molecule has 14 heteroatoms. The number of nitrogens with zero attached hydrogens (tertiary/aromatic N) is 2. The Bertz CT molecular complexity index is 1680. The number of alkyl halides is 3. The fourth-order valence-corrected chi connectivity index (χ4v) is 5.39. The van der Waals surface area contributed by atoms with E-state index in [1.54, 1.807) is 43.3 Å². The fraction of sp³-hybridized carbons (Fsp3) is 0.138. The Labute approximate surface area is 250 Å². The molecular formula is C29H25F3N2O7S2. The van der Waals surface area contributed by atoms with Gasteiger partial charge in [0.2, 0.25) is 0 Å². The first-order valence-corrected chi connectivity index (χ1v) is 14.5. The van der Waals surface area contributed by atoms with Crippen molar-refractivity contribution in [3.05, 3.63) is 107 Å². The number of esters is 1. The number of hydrogen-bond acceptors (Lipinski definition) is 5. The van der Waals surface area contributed by atoms with Gasteiger partial charge in [-0.25, -0.2) is 21.8 Å². The van der Waals surface area contributed by atoms with Gasteiger partial charge in [-0.2, -0.15) is 13.2 Å². The third kappa shape index (κ3) is 7.22. The average Bonchev–Trinajstić information content (AvgIpc) is 2.95. The van der Waals surface area contributed by atoms with Crippen LogP contribution in [-0.4, -0.2) is 30.6 Å². The van der Waals surface area contributed by atoms with E-state index >= 15 is 0 Å². The van der Waals surface area contributed by atoms with Crippen LogP contribution in [0.15, 0.2) is 84.9 Å². The zero-order valence-electron chi connectivity index (χ0n) is 22.9. The molecule has 0 heterocycles. The SMILES string of the molecule is COC(=O)c1cc(Oc2ccc(N(c3ccc(C)cc3)S(=O)O)c(C(F)(F)F)c2)ccc1N(c1ccc(C)cc1)S(=O)O. The van der Waals surface area contributed by atoms with Crippen LogP contribution in [0.25, 0.3) is 0 Å². The molecule has 2 atom stereocenters. The molecule has 4 aromatic carbocycles. The van der Waals surface area contributed by atoms with Crippen molar-refractivity contribution in [3.8, 4) is 11.5 Å².